The Morgan fingerprint density at radius 1 is 1.29 bits per heavy atom. The molecule has 21 heavy (non-hydrogen) atoms. The molecule has 1 aromatic carbocycles. The van der Waals surface area contributed by atoms with Crippen molar-refractivity contribution >= 4 is 6.09 Å². The molecule has 2 unspecified atom stereocenters. The van der Waals surface area contributed by atoms with Gasteiger partial charge in [-0.2, -0.15) is 0 Å². The molecule has 0 bridgehead atoms. The first-order valence-corrected chi connectivity index (χ1v) is 7.35. The number of likely N-dealkylation sites (tertiary alicyclic amines) is 1. The summed E-state index contributed by atoms with van der Waals surface area (Å²) in [7, 11) is 0. The second kappa shape index (κ2) is 5.66. The van der Waals surface area contributed by atoms with Crippen molar-refractivity contribution in [3.63, 3.8) is 0 Å². The van der Waals surface area contributed by atoms with Gasteiger partial charge in [0.2, 0.25) is 0 Å². The molecular weight excluding hydrogens is 270 g/mol. The largest absolute Gasteiger partial charge is 0.445 e. The average Bonchev–Trinajstić information content (AvgIpc) is 2.78. The van der Waals surface area contributed by atoms with Crippen LogP contribution in [0.3, 0.4) is 0 Å². The number of carbonyl (C=O) groups excluding carboxylic acids is 1. The topological polar surface area (TPSA) is 48.0 Å². The van der Waals surface area contributed by atoms with E-state index in [0.717, 1.165) is 12.0 Å². The summed E-state index contributed by atoms with van der Waals surface area (Å²) in [4.78, 5) is 13.8. The van der Waals surface area contributed by atoms with E-state index in [0.29, 0.717) is 19.7 Å². The number of carbonyl (C=O) groups is 1. The van der Waals surface area contributed by atoms with Gasteiger partial charge < -0.3 is 19.1 Å². The predicted octanol–water partition coefficient (Wildman–Crippen LogP) is 2.55. The van der Waals surface area contributed by atoms with Gasteiger partial charge in [-0.3, -0.25) is 0 Å². The van der Waals surface area contributed by atoms with Crippen LogP contribution in [0.15, 0.2) is 30.3 Å². The fourth-order valence-electron chi connectivity index (χ4n) is 2.88. The van der Waals surface area contributed by atoms with Gasteiger partial charge in [-0.25, -0.2) is 4.79 Å². The number of ether oxygens (including phenoxy) is 3. The van der Waals surface area contributed by atoms with E-state index in [1.165, 1.54) is 0 Å². The maximum atomic E-state index is 12.1. The van der Waals surface area contributed by atoms with E-state index in [1.807, 2.05) is 44.2 Å². The fourth-order valence-corrected chi connectivity index (χ4v) is 2.88. The zero-order chi connectivity index (χ0) is 14.9. The maximum Gasteiger partial charge on any atom is 0.410 e. The Bertz CT molecular complexity index is 502. The maximum absolute atomic E-state index is 12.1. The minimum atomic E-state index is -0.556. The highest BCUT2D eigenvalue weighted by Gasteiger charge is 2.45. The molecular formula is C16H21NO4. The van der Waals surface area contributed by atoms with Gasteiger partial charge in [0.15, 0.2) is 5.79 Å². The number of hydrogen-bond donors (Lipinski definition) is 0. The molecule has 2 heterocycles. The molecule has 0 spiro atoms. The second-order valence-electron chi connectivity index (χ2n) is 5.99. The molecule has 2 fully saturated rings. The number of benzene rings is 1. The predicted molar refractivity (Wildman–Crippen MR) is 76.6 cm³/mol. The van der Waals surface area contributed by atoms with Crippen LogP contribution < -0.4 is 0 Å². The molecule has 0 N–H and O–H groups in total. The summed E-state index contributed by atoms with van der Waals surface area (Å²) in [6, 6.07) is 9.68. The third-order valence-electron chi connectivity index (χ3n) is 3.83. The van der Waals surface area contributed by atoms with Crippen molar-refractivity contribution in [1.29, 1.82) is 0 Å². The number of hydrogen-bond acceptors (Lipinski definition) is 4. The van der Waals surface area contributed by atoms with E-state index in [9.17, 15) is 4.79 Å². The Morgan fingerprint density at radius 3 is 2.76 bits per heavy atom. The van der Waals surface area contributed by atoms with Crippen LogP contribution in [0.25, 0.3) is 0 Å². The lowest BCUT2D eigenvalue weighted by molar-refractivity contribution is -0.145. The highest BCUT2D eigenvalue weighted by atomic mass is 16.8. The first-order valence-electron chi connectivity index (χ1n) is 7.35. The van der Waals surface area contributed by atoms with Crippen LogP contribution >= 0.6 is 0 Å². The number of amides is 1. The summed E-state index contributed by atoms with van der Waals surface area (Å²) >= 11 is 0. The van der Waals surface area contributed by atoms with Gasteiger partial charge in [0.05, 0.1) is 12.6 Å². The van der Waals surface area contributed by atoms with Crippen molar-refractivity contribution in [3.05, 3.63) is 35.9 Å². The van der Waals surface area contributed by atoms with E-state index in [2.05, 4.69) is 0 Å². The summed E-state index contributed by atoms with van der Waals surface area (Å²) < 4.78 is 17.0. The van der Waals surface area contributed by atoms with Crippen LogP contribution in [0.5, 0.6) is 0 Å². The van der Waals surface area contributed by atoms with Gasteiger partial charge in [0.25, 0.3) is 0 Å². The average molecular weight is 291 g/mol. The van der Waals surface area contributed by atoms with Gasteiger partial charge in [-0.05, 0) is 25.8 Å². The minimum absolute atomic E-state index is 0.0574. The van der Waals surface area contributed by atoms with E-state index < -0.39 is 5.79 Å². The van der Waals surface area contributed by atoms with Crippen molar-refractivity contribution in [2.24, 2.45) is 0 Å². The van der Waals surface area contributed by atoms with Crippen molar-refractivity contribution in [1.82, 2.24) is 4.90 Å². The van der Waals surface area contributed by atoms with Gasteiger partial charge in [-0.1, -0.05) is 30.3 Å². The Hall–Kier alpha value is -1.59. The highest BCUT2D eigenvalue weighted by molar-refractivity contribution is 5.67. The fraction of sp³-hybridized carbons (Fsp3) is 0.562. The Kier molecular flexibility index (Phi) is 3.87. The molecule has 1 amide bonds. The van der Waals surface area contributed by atoms with E-state index in [1.54, 1.807) is 4.90 Å². The quantitative estimate of drug-likeness (QED) is 0.840. The Balaban J connectivity index is 1.52. The van der Waals surface area contributed by atoms with Crippen LogP contribution in [-0.2, 0) is 20.8 Å². The normalized spacial score (nSPS) is 27.2. The number of rotatable bonds is 2. The Morgan fingerprint density at radius 2 is 2.00 bits per heavy atom. The van der Waals surface area contributed by atoms with E-state index in [4.69, 9.17) is 14.2 Å². The molecule has 1 aromatic rings. The molecule has 2 atom stereocenters. The SMILES string of the molecule is CC1(C)OC2CCN(C(=O)OCc3ccccc3)CC2O1. The van der Waals surface area contributed by atoms with E-state index >= 15 is 0 Å². The zero-order valence-electron chi connectivity index (χ0n) is 12.5. The molecule has 5 heteroatoms. The molecule has 0 radical (unpaired) electrons. The molecule has 3 rings (SSSR count). The third-order valence-corrected chi connectivity index (χ3v) is 3.83. The van der Waals surface area contributed by atoms with Crippen molar-refractivity contribution < 1.29 is 19.0 Å². The summed E-state index contributed by atoms with van der Waals surface area (Å²) in [5, 5.41) is 0. The summed E-state index contributed by atoms with van der Waals surface area (Å²) in [5.74, 6) is -0.556. The Labute approximate surface area is 124 Å². The lowest BCUT2D eigenvalue weighted by atomic mass is 10.1. The molecule has 2 aliphatic heterocycles. The molecule has 0 saturated carbocycles. The molecule has 0 aromatic heterocycles. The molecule has 5 nitrogen and oxygen atoms in total. The van der Waals surface area contributed by atoms with Gasteiger partial charge in [0.1, 0.15) is 12.7 Å². The monoisotopic (exact) mass is 291 g/mol. The molecule has 2 aliphatic rings. The van der Waals surface area contributed by atoms with Crippen LogP contribution in [0, 0.1) is 0 Å². The minimum Gasteiger partial charge on any atom is -0.445 e. The van der Waals surface area contributed by atoms with Crippen molar-refractivity contribution in [3.8, 4) is 0 Å². The van der Waals surface area contributed by atoms with Crippen molar-refractivity contribution in [2.45, 2.75) is 44.9 Å². The van der Waals surface area contributed by atoms with Crippen LogP contribution in [0.1, 0.15) is 25.8 Å². The summed E-state index contributed by atoms with van der Waals surface area (Å²) in [6.45, 7) is 5.29. The van der Waals surface area contributed by atoms with E-state index in [-0.39, 0.29) is 18.3 Å². The lowest BCUT2D eigenvalue weighted by Gasteiger charge is -2.32. The second-order valence-corrected chi connectivity index (χ2v) is 5.99. The smallest absolute Gasteiger partial charge is 0.410 e. The summed E-state index contributed by atoms with van der Waals surface area (Å²) in [6.07, 6.45) is 0.524. The molecule has 2 saturated heterocycles. The van der Waals surface area contributed by atoms with Crippen molar-refractivity contribution in [2.75, 3.05) is 13.1 Å². The first kappa shape index (κ1) is 14.4. The first-order chi connectivity index (χ1) is 10.0. The molecule has 0 aliphatic carbocycles. The highest BCUT2D eigenvalue weighted by Crippen LogP contribution is 2.33. The third kappa shape index (κ3) is 3.36. The zero-order valence-corrected chi connectivity index (χ0v) is 12.5. The number of piperidine rings is 1. The van der Waals surface area contributed by atoms with Gasteiger partial charge in [0, 0.05) is 6.54 Å². The standard InChI is InChI=1S/C16H21NO4/c1-16(2)20-13-8-9-17(10-14(13)21-16)15(18)19-11-12-6-4-3-5-7-12/h3-7,13-14H,8-11H2,1-2H3. The van der Waals surface area contributed by atoms with Gasteiger partial charge in [-0.15, -0.1) is 0 Å². The lowest BCUT2D eigenvalue weighted by Crippen LogP contribution is -2.47. The number of fused-ring (bicyclic) bond motifs is 1. The summed E-state index contributed by atoms with van der Waals surface area (Å²) in [5.41, 5.74) is 0.988. The number of nitrogens with zero attached hydrogens (tertiary/aromatic N) is 1. The van der Waals surface area contributed by atoms with Crippen LogP contribution in [-0.4, -0.2) is 42.1 Å². The van der Waals surface area contributed by atoms with Gasteiger partial charge >= 0.3 is 6.09 Å². The molecule has 114 valence electrons. The van der Waals surface area contributed by atoms with Crippen LogP contribution in [0.4, 0.5) is 4.79 Å². The van der Waals surface area contributed by atoms with Crippen LogP contribution in [0.2, 0.25) is 0 Å².